The lowest BCUT2D eigenvalue weighted by Gasteiger charge is -2.05. The molecular weight excluding hydrogens is 330 g/mol. The summed E-state index contributed by atoms with van der Waals surface area (Å²) in [5.74, 6) is 0.463. The lowest BCUT2D eigenvalue weighted by atomic mass is 10.3. The molecule has 0 spiro atoms. The number of aromatic nitrogens is 7. The highest BCUT2D eigenvalue weighted by molar-refractivity contribution is 5.77. The highest BCUT2D eigenvalue weighted by Crippen LogP contribution is 2.17. The fraction of sp³-hybridized carbons (Fsp3) is 0.0556. The summed E-state index contributed by atoms with van der Waals surface area (Å²) < 4.78 is 3.39. The zero-order valence-electron chi connectivity index (χ0n) is 13.6. The molecule has 0 fully saturated rings. The Morgan fingerprint density at radius 1 is 1.04 bits per heavy atom. The van der Waals surface area contributed by atoms with Crippen molar-refractivity contribution in [2.24, 2.45) is 0 Å². The van der Waals surface area contributed by atoms with E-state index in [2.05, 4.69) is 24.9 Å². The predicted molar refractivity (Wildman–Crippen MR) is 96.1 cm³/mol. The number of aromatic amines is 1. The summed E-state index contributed by atoms with van der Waals surface area (Å²) in [5, 5.41) is 0. The van der Waals surface area contributed by atoms with Gasteiger partial charge in [0.1, 0.15) is 11.8 Å². The fourth-order valence-corrected chi connectivity index (χ4v) is 2.99. The van der Waals surface area contributed by atoms with E-state index in [0.29, 0.717) is 23.7 Å². The van der Waals surface area contributed by atoms with Gasteiger partial charge in [0.25, 0.3) is 0 Å². The summed E-state index contributed by atoms with van der Waals surface area (Å²) in [4.78, 5) is 32.6. The Hall–Kier alpha value is -3.81. The molecule has 0 unspecified atom stereocenters. The predicted octanol–water partition coefficient (Wildman–Crippen LogP) is 1.90. The van der Waals surface area contributed by atoms with Crippen LogP contribution in [-0.4, -0.2) is 34.1 Å². The van der Waals surface area contributed by atoms with Crippen LogP contribution in [0.1, 0.15) is 5.56 Å². The van der Waals surface area contributed by atoms with E-state index < -0.39 is 0 Å². The molecule has 4 heterocycles. The quantitative estimate of drug-likeness (QED) is 0.540. The maximum atomic E-state index is 12.4. The second-order valence-corrected chi connectivity index (χ2v) is 5.89. The van der Waals surface area contributed by atoms with Crippen molar-refractivity contribution in [3.05, 3.63) is 77.4 Å². The summed E-state index contributed by atoms with van der Waals surface area (Å²) in [5.41, 5.74) is 3.59. The van der Waals surface area contributed by atoms with E-state index in [1.54, 1.807) is 34.1 Å². The molecule has 26 heavy (non-hydrogen) atoms. The smallest absolute Gasteiger partial charge is 0.303 e. The molecule has 0 aliphatic carbocycles. The Morgan fingerprint density at radius 2 is 1.96 bits per heavy atom. The molecule has 0 bridgehead atoms. The van der Waals surface area contributed by atoms with Gasteiger partial charge in [-0.25, -0.2) is 14.8 Å². The Kier molecular flexibility index (Phi) is 3.14. The zero-order chi connectivity index (χ0) is 17.5. The third-order valence-corrected chi connectivity index (χ3v) is 4.23. The van der Waals surface area contributed by atoms with E-state index in [4.69, 9.17) is 0 Å². The molecule has 126 valence electrons. The van der Waals surface area contributed by atoms with Crippen LogP contribution >= 0.6 is 0 Å². The first-order chi connectivity index (χ1) is 12.8. The molecule has 4 aromatic heterocycles. The van der Waals surface area contributed by atoms with Crippen molar-refractivity contribution in [2.45, 2.75) is 6.54 Å². The Morgan fingerprint density at radius 3 is 2.85 bits per heavy atom. The number of hydrogen-bond donors (Lipinski definition) is 1. The van der Waals surface area contributed by atoms with Gasteiger partial charge in [0.2, 0.25) is 5.95 Å². The SMILES string of the molecule is O=c1[nH]c2cnc(-n3cnc4ccccc43)nc2n1Cc1cccnc1. The van der Waals surface area contributed by atoms with Crippen LogP contribution in [0.2, 0.25) is 0 Å². The van der Waals surface area contributed by atoms with Crippen LogP contribution in [0, 0.1) is 0 Å². The third-order valence-electron chi connectivity index (χ3n) is 4.23. The van der Waals surface area contributed by atoms with Crippen molar-refractivity contribution < 1.29 is 0 Å². The van der Waals surface area contributed by atoms with Crippen molar-refractivity contribution >= 4 is 22.2 Å². The molecular formula is C18H13N7O. The summed E-state index contributed by atoms with van der Waals surface area (Å²) in [6, 6.07) is 11.5. The molecule has 8 heteroatoms. The second-order valence-electron chi connectivity index (χ2n) is 5.89. The highest BCUT2D eigenvalue weighted by Gasteiger charge is 2.13. The maximum Gasteiger partial charge on any atom is 0.328 e. The standard InChI is InChI=1S/C18H13N7O/c26-18-22-14-9-20-17(25-11-21-13-5-1-2-6-15(13)25)23-16(14)24(18)10-12-4-3-7-19-8-12/h1-9,11H,10H2,(H,22,26). The monoisotopic (exact) mass is 343 g/mol. The summed E-state index contributed by atoms with van der Waals surface area (Å²) in [6.45, 7) is 0.383. The van der Waals surface area contributed by atoms with Gasteiger partial charge in [-0.3, -0.25) is 14.1 Å². The molecule has 0 saturated heterocycles. The number of nitrogens with one attached hydrogen (secondary N) is 1. The average molecular weight is 343 g/mol. The number of rotatable bonds is 3. The first kappa shape index (κ1) is 14.5. The van der Waals surface area contributed by atoms with Crippen molar-refractivity contribution in [1.82, 2.24) is 34.1 Å². The summed E-state index contributed by atoms with van der Waals surface area (Å²) >= 11 is 0. The molecule has 0 aliphatic heterocycles. The highest BCUT2D eigenvalue weighted by atomic mass is 16.1. The van der Waals surface area contributed by atoms with E-state index in [-0.39, 0.29) is 5.69 Å². The van der Waals surface area contributed by atoms with E-state index in [0.717, 1.165) is 16.6 Å². The van der Waals surface area contributed by atoms with Crippen LogP contribution in [0.3, 0.4) is 0 Å². The maximum absolute atomic E-state index is 12.4. The number of nitrogens with zero attached hydrogens (tertiary/aromatic N) is 6. The largest absolute Gasteiger partial charge is 0.328 e. The normalized spacial score (nSPS) is 11.4. The van der Waals surface area contributed by atoms with Crippen molar-refractivity contribution in [2.75, 3.05) is 0 Å². The molecule has 0 atom stereocenters. The van der Waals surface area contributed by atoms with Crippen LogP contribution in [0.25, 0.3) is 28.1 Å². The number of pyridine rings is 1. The van der Waals surface area contributed by atoms with E-state index in [1.165, 1.54) is 0 Å². The first-order valence-electron chi connectivity index (χ1n) is 8.06. The number of para-hydroxylation sites is 2. The minimum atomic E-state index is -0.231. The van der Waals surface area contributed by atoms with Crippen LogP contribution in [0.4, 0.5) is 0 Å². The number of benzene rings is 1. The number of imidazole rings is 2. The zero-order valence-corrected chi connectivity index (χ0v) is 13.6. The second kappa shape index (κ2) is 5.62. The van der Waals surface area contributed by atoms with Gasteiger partial charge >= 0.3 is 5.69 Å². The van der Waals surface area contributed by atoms with Gasteiger partial charge in [0.15, 0.2) is 5.65 Å². The molecule has 0 aliphatic rings. The molecule has 1 N–H and O–H groups in total. The minimum Gasteiger partial charge on any atom is -0.303 e. The lowest BCUT2D eigenvalue weighted by molar-refractivity contribution is 0.771. The van der Waals surface area contributed by atoms with E-state index in [9.17, 15) is 4.79 Å². The molecule has 8 nitrogen and oxygen atoms in total. The van der Waals surface area contributed by atoms with Gasteiger partial charge in [-0.2, -0.15) is 4.98 Å². The fourth-order valence-electron chi connectivity index (χ4n) is 2.99. The van der Waals surface area contributed by atoms with Gasteiger partial charge in [-0.1, -0.05) is 18.2 Å². The molecule has 5 aromatic rings. The Balaban J connectivity index is 1.67. The van der Waals surface area contributed by atoms with Crippen molar-refractivity contribution in [3.8, 4) is 5.95 Å². The molecule has 0 amide bonds. The third kappa shape index (κ3) is 2.27. The summed E-state index contributed by atoms with van der Waals surface area (Å²) in [6.07, 6.45) is 6.73. The van der Waals surface area contributed by atoms with Crippen LogP contribution < -0.4 is 5.69 Å². The van der Waals surface area contributed by atoms with Gasteiger partial charge in [0.05, 0.1) is 23.8 Å². The van der Waals surface area contributed by atoms with Gasteiger partial charge < -0.3 is 4.98 Å². The minimum absolute atomic E-state index is 0.231. The molecule has 0 saturated carbocycles. The lowest BCUT2D eigenvalue weighted by Crippen LogP contribution is -2.18. The van der Waals surface area contributed by atoms with Crippen LogP contribution in [-0.2, 0) is 6.54 Å². The van der Waals surface area contributed by atoms with Crippen LogP contribution in [0.15, 0.2) is 66.1 Å². The Bertz CT molecular complexity index is 1280. The molecule has 5 rings (SSSR count). The summed E-state index contributed by atoms with van der Waals surface area (Å²) in [7, 11) is 0. The van der Waals surface area contributed by atoms with Crippen molar-refractivity contribution in [3.63, 3.8) is 0 Å². The average Bonchev–Trinajstić information content (AvgIpc) is 3.24. The number of hydrogen-bond acceptors (Lipinski definition) is 5. The van der Waals surface area contributed by atoms with E-state index in [1.807, 2.05) is 36.4 Å². The molecule has 1 aromatic carbocycles. The van der Waals surface area contributed by atoms with Gasteiger partial charge in [0, 0.05) is 12.4 Å². The van der Waals surface area contributed by atoms with E-state index >= 15 is 0 Å². The van der Waals surface area contributed by atoms with Gasteiger partial charge in [-0.05, 0) is 23.8 Å². The first-order valence-corrected chi connectivity index (χ1v) is 8.06. The number of H-pyrrole nitrogens is 1. The molecule has 0 radical (unpaired) electrons. The van der Waals surface area contributed by atoms with Gasteiger partial charge in [-0.15, -0.1) is 0 Å². The van der Waals surface area contributed by atoms with Crippen molar-refractivity contribution in [1.29, 1.82) is 0 Å². The Labute approximate surface area is 146 Å². The topological polar surface area (TPSA) is 94.3 Å². The van der Waals surface area contributed by atoms with Crippen LogP contribution in [0.5, 0.6) is 0 Å². The number of fused-ring (bicyclic) bond motifs is 2.